The van der Waals surface area contributed by atoms with Crippen molar-refractivity contribution in [2.75, 3.05) is 14.2 Å². The zero-order valence-electron chi connectivity index (χ0n) is 20.4. The zero-order valence-corrected chi connectivity index (χ0v) is 20.4. The highest BCUT2D eigenvalue weighted by molar-refractivity contribution is 5.84. The van der Waals surface area contributed by atoms with E-state index in [1.807, 2.05) is 18.2 Å². The van der Waals surface area contributed by atoms with Crippen molar-refractivity contribution >= 4 is 22.7 Å². The minimum atomic E-state index is -0.764. The summed E-state index contributed by atoms with van der Waals surface area (Å²) < 4.78 is 22.7. The summed E-state index contributed by atoms with van der Waals surface area (Å²) in [4.78, 5) is 24.9. The van der Waals surface area contributed by atoms with E-state index < -0.39 is 36.2 Å². The largest absolute Gasteiger partial charge is 0.469 e. The zero-order chi connectivity index (χ0) is 24.3. The first-order valence-electron chi connectivity index (χ1n) is 12.0. The Balaban J connectivity index is 1.51. The van der Waals surface area contributed by atoms with E-state index in [-0.39, 0.29) is 11.5 Å². The molecule has 1 aliphatic heterocycles. The van der Waals surface area contributed by atoms with Gasteiger partial charge < -0.3 is 18.9 Å². The van der Waals surface area contributed by atoms with Gasteiger partial charge in [-0.15, -0.1) is 0 Å². The maximum absolute atomic E-state index is 12.6. The van der Waals surface area contributed by atoms with Crippen LogP contribution in [0.15, 0.2) is 54.6 Å². The second-order valence-corrected chi connectivity index (χ2v) is 9.71. The molecular weight excluding hydrogens is 432 g/mol. The Morgan fingerprint density at radius 2 is 1.71 bits per heavy atom. The first kappa shape index (κ1) is 24.4. The van der Waals surface area contributed by atoms with Crippen molar-refractivity contribution in [3.8, 4) is 0 Å². The molecule has 0 bridgehead atoms. The van der Waals surface area contributed by atoms with Crippen molar-refractivity contribution in [1.29, 1.82) is 0 Å². The van der Waals surface area contributed by atoms with Gasteiger partial charge in [-0.05, 0) is 42.0 Å². The molecule has 0 radical (unpaired) electrons. The predicted molar refractivity (Wildman–Crippen MR) is 129 cm³/mol. The first-order valence-corrected chi connectivity index (χ1v) is 12.0. The van der Waals surface area contributed by atoms with Gasteiger partial charge in [0.25, 0.3) is 0 Å². The molecule has 5 atom stereocenters. The number of esters is 2. The molecule has 1 aliphatic carbocycles. The molecule has 1 saturated heterocycles. The Labute approximate surface area is 201 Å². The summed E-state index contributed by atoms with van der Waals surface area (Å²) in [6.07, 6.45) is 5.58. The van der Waals surface area contributed by atoms with Crippen LogP contribution in [0.2, 0.25) is 0 Å². The molecule has 1 fully saturated rings. The van der Waals surface area contributed by atoms with E-state index in [4.69, 9.17) is 18.9 Å². The lowest BCUT2D eigenvalue weighted by molar-refractivity contribution is -0.231. The van der Waals surface area contributed by atoms with Gasteiger partial charge in [0.2, 0.25) is 0 Å². The molecule has 0 saturated carbocycles. The van der Waals surface area contributed by atoms with Crippen molar-refractivity contribution in [2.24, 2.45) is 11.8 Å². The Kier molecular flexibility index (Phi) is 7.39. The third-order valence-electron chi connectivity index (χ3n) is 7.31. The van der Waals surface area contributed by atoms with E-state index in [9.17, 15) is 9.59 Å². The van der Waals surface area contributed by atoms with Gasteiger partial charge in [-0.3, -0.25) is 9.59 Å². The van der Waals surface area contributed by atoms with Crippen LogP contribution in [0.5, 0.6) is 0 Å². The van der Waals surface area contributed by atoms with Gasteiger partial charge in [-0.1, -0.05) is 68.5 Å². The van der Waals surface area contributed by atoms with Gasteiger partial charge in [-0.2, -0.15) is 0 Å². The van der Waals surface area contributed by atoms with Crippen LogP contribution >= 0.6 is 0 Å². The number of fused-ring (bicyclic) bond motifs is 1. The van der Waals surface area contributed by atoms with Gasteiger partial charge in [0.15, 0.2) is 6.29 Å². The van der Waals surface area contributed by atoms with Gasteiger partial charge in [-0.25, -0.2) is 0 Å². The van der Waals surface area contributed by atoms with Gasteiger partial charge in [0.05, 0.1) is 32.3 Å². The summed E-state index contributed by atoms with van der Waals surface area (Å²) in [6, 6.07) is 14.9. The SMILES string of the molecule is COC(=O)[C@H]1[C@@H](O[C@H]2CCC[C@H](C(C)(C)c3ccc4ccccc4c3)O2)C=CC[C@H]1C(=O)OC. The monoisotopic (exact) mass is 466 g/mol. The number of carbonyl (C=O) groups excluding carboxylic acids is 2. The van der Waals surface area contributed by atoms with Crippen LogP contribution in [0.25, 0.3) is 10.8 Å². The van der Waals surface area contributed by atoms with Gasteiger partial charge >= 0.3 is 11.9 Å². The topological polar surface area (TPSA) is 71.1 Å². The normalized spacial score (nSPS) is 27.4. The number of ether oxygens (including phenoxy) is 4. The molecule has 0 N–H and O–H groups in total. The summed E-state index contributed by atoms with van der Waals surface area (Å²) in [6.45, 7) is 4.41. The summed E-state index contributed by atoms with van der Waals surface area (Å²) in [5, 5.41) is 2.42. The average Bonchev–Trinajstić information content (AvgIpc) is 2.87. The third-order valence-corrected chi connectivity index (χ3v) is 7.31. The lowest BCUT2D eigenvalue weighted by Gasteiger charge is -2.42. The molecule has 2 aliphatic rings. The van der Waals surface area contributed by atoms with E-state index >= 15 is 0 Å². The summed E-state index contributed by atoms with van der Waals surface area (Å²) in [5.74, 6) is -2.32. The fourth-order valence-electron chi connectivity index (χ4n) is 5.18. The minimum absolute atomic E-state index is 0.0482. The number of hydrogen-bond acceptors (Lipinski definition) is 6. The fourth-order valence-corrected chi connectivity index (χ4v) is 5.18. The Morgan fingerprint density at radius 1 is 0.971 bits per heavy atom. The molecule has 6 heteroatoms. The van der Waals surface area contributed by atoms with Crippen molar-refractivity contribution in [2.45, 2.75) is 63.4 Å². The maximum atomic E-state index is 12.6. The first-order chi connectivity index (χ1) is 16.3. The molecule has 0 aromatic heterocycles. The molecule has 2 aromatic carbocycles. The molecular formula is C28H34O6. The highest BCUT2D eigenvalue weighted by atomic mass is 16.7. The van der Waals surface area contributed by atoms with Crippen molar-refractivity contribution in [3.63, 3.8) is 0 Å². The smallest absolute Gasteiger partial charge is 0.312 e. The quantitative estimate of drug-likeness (QED) is 0.444. The van der Waals surface area contributed by atoms with Gasteiger partial charge in [0.1, 0.15) is 5.92 Å². The van der Waals surface area contributed by atoms with Crippen LogP contribution < -0.4 is 0 Å². The molecule has 0 unspecified atom stereocenters. The average molecular weight is 467 g/mol. The van der Waals surface area contributed by atoms with Crippen molar-refractivity contribution in [3.05, 3.63) is 60.2 Å². The van der Waals surface area contributed by atoms with E-state index in [0.29, 0.717) is 6.42 Å². The molecule has 0 amide bonds. The molecule has 0 spiro atoms. The minimum Gasteiger partial charge on any atom is -0.469 e. The number of rotatable bonds is 6. The Bertz CT molecular complexity index is 1060. The second-order valence-electron chi connectivity index (χ2n) is 9.71. The van der Waals surface area contributed by atoms with Crippen LogP contribution in [0, 0.1) is 11.8 Å². The lowest BCUT2D eigenvalue weighted by atomic mass is 9.76. The number of methoxy groups -OCH3 is 2. The molecule has 1 heterocycles. The molecule has 6 nitrogen and oxygen atoms in total. The van der Waals surface area contributed by atoms with E-state index in [1.54, 1.807) is 0 Å². The van der Waals surface area contributed by atoms with E-state index in [1.165, 1.54) is 30.6 Å². The van der Waals surface area contributed by atoms with E-state index in [2.05, 4.69) is 50.2 Å². The molecule has 34 heavy (non-hydrogen) atoms. The Morgan fingerprint density at radius 3 is 2.44 bits per heavy atom. The number of allylic oxidation sites excluding steroid dienone is 1. The highest BCUT2D eigenvalue weighted by Crippen LogP contribution is 2.39. The van der Waals surface area contributed by atoms with Crippen molar-refractivity contribution < 1.29 is 28.5 Å². The molecule has 2 aromatic rings. The number of hydrogen-bond donors (Lipinski definition) is 0. The maximum Gasteiger partial charge on any atom is 0.312 e. The fraction of sp³-hybridized carbons (Fsp3) is 0.500. The Hall–Kier alpha value is -2.70. The summed E-state index contributed by atoms with van der Waals surface area (Å²) in [7, 11) is 2.65. The van der Waals surface area contributed by atoms with Crippen LogP contribution in [-0.4, -0.2) is 44.7 Å². The molecule has 182 valence electrons. The van der Waals surface area contributed by atoms with E-state index in [0.717, 1.165) is 19.3 Å². The van der Waals surface area contributed by atoms with Crippen molar-refractivity contribution in [1.82, 2.24) is 0 Å². The van der Waals surface area contributed by atoms with Gasteiger partial charge in [0, 0.05) is 5.41 Å². The second kappa shape index (κ2) is 10.3. The number of carbonyl (C=O) groups is 2. The standard InChI is InChI=1S/C28H34O6/c1-28(2,20-16-15-18-9-5-6-10-19(18)17-20)23-13-8-14-24(34-23)33-22-12-7-11-21(26(29)31-3)25(22)27(30)32-4/h5-7,9-10,12,15-17,21-25H,8,11,13-14H2,1-4H3/t21-,22+,23-,24-,25-/m1/s1. The van der Waals surface area contributed by atoms with Crippen LogP contribution in [0.1, 0.15) is 45.1 Å². The third kappa shape index (κ3) is 4.89. The highest BCUT2D eigenvalue weighted by Gasteiger charge is 2.44. The summed E-state index contributed by atoms with van der Waals surface area (Å²) in [5.41, 5.74) is 0.984. The van der Waals surface area contributed by atoms with Crippen LogP contribution in [0.4, 0.5) is 0 Å². The van der Waals surface area contributed by atoms with Crippen LogP contribution in [0.3, 0.4) is 0 Å². The lowest BCUT2D eigenvalue weighted by Crippen LogP contribution is -2.47. The number of benzene rings is 2. The molecule has 4 rings (SSSR count). The summed E-state index contributed by atoms with van der Waals surface area (Å²) >= 11 is 0. The predicted octanol–water partition coefficient (Wildman–Crippen LogP) is 4.94. The van der Waals surface area contributed by atoms with Crippen LogP contribution in [-0.2, 0) is 34.0 Å².